The zero-order valence-corrected chi connectivity index (χ0v) is 15.5. The lowest BCUT2D eigenvalue weighted by molar-refractivity contribution is -0.137. The minimum Gasteiger partial charge on any atom is -0.484 e. The number of anilines is 2. The van der Waals surface area contributed by atoms with Crippen LogP contribution in [0.4, 0.5) is 24.5 Å². The molecule has 0 bridgehead atoms. The number of primary amides is 1. The fourth-order valence-corrected chi connectivity index (χ4v) is 3.12. The van der Waals surface area contributed by atoms with Crippen LogP contribution in [-0.2, 0) is 11.0 Å². The minimum absolute atomic E-state index is 0.0689. The van der Waals surface area contributed by atoms with Gasteiger partial charge in [0.05, 0.1) is 16.9 Å². The van der Waals surface area contributed by atoms with Crippen molar-refractivity contribution in [2.24, 2.45) is 5.73 Å². The fraction of sp³-hybridized carbons (Fsp3) is 0.300. The number of nitrogens with one attached hydrogen (secondary N) is 1. The molecule has 154 valence electrons. The molecule has 0 unspecified atom stereocenters. The Labute approximate surface area is 165 Å². The van der Waals surface area contributed by atoms with Gasteiger partial charge in [0.2, 0.25) is 5.91 Å². The third-order valence-electron chi connectivity index (χ3n) is 4.53. The number of rotatable bonds is 6. The monoisotopic (exact) mass is 407 g/mol. The number of hydrogen-bond acceptors (Lipinski definition) is 4. The molecular weight excluding hydrogens is 387 g/mol. The maximum absolute atomic E-state index is 12.8. The number of alkyl halides is 3. The number of halogens is 3. The summed E-state index contributed by atoms with van der Waals surface area (Å²) in [6.07, 6.45) is -2.46. The van der Waals surface area contributed by atoms with E-state index >= 15 is 0 Å². The van der Waals surface area contributed by atoms with Crippen molar-refractivity contribution < 1.29 is 27.5 Å². The van der Waals surface area contributed by atoms with Crippen LogP contribution in [0.5, 0.6) is 5.75 Å². The summed E-state index contributed by atoms with van der Waals surface area (Å²) >= 11 is 0. The highest BCUT2D eigenvalue weighted by atomic mass is 19.4. The summed E-state index contributed by atoms with van der Waals surface area (Å²) in [6, 6.07) is 9.09. The van der Waals surface area contributed by atoms with E-state index in [2.05, 4.69) is 10.2 Å². The molecule has 2 aromatic rings. The van der Waals surface area contributed by atoms with Gasteiger partial charge in [-0.2, -0.15) is 13.2 Å². The number of ether oxygens (including phenoxy) is 1. The number of nitrogens with zero attached hydrogens (tertiary/aromatic N) is 1. The summed E-state index contributed by atoms with van der Waals surface area (Å²) in [5.74, 6) is -1.27. The van der Waals surface area contributed by atoms with Gasteiger partial charge >= 0.3 is 6.18 Å². The molecule has 1 heterocycles. The van der Waals surface area contributed by atoms with E-state index in [0.29, 0.717) is 5.69 Å². The lowest BCUT2D eigenvalue weighted by Crippen LogP contribution is -2.24. The maximum atomic E-state index is 12.8. The third kappa shape index (κ3) is 5.18. The maximum Gasteiger partial charge on any atom is 0.416 e. The van der Waals surface area contributed by atoms with Crippen LogP contribution in [-0.4, -0.2) is 31.5 Å². The van der Waals surface area contributed by atoms with Gasteiger partial charge in [-0.3, -0.25) is 9.59 Å². The van der Waals surface area contributed by atoms with Crippen molar-refractivity contribution >= 4 is 23.2 Å². The van der Waals surface area contributed by atoms with Crippen LogP contribution in [0.15, 0.2) is 42.5 Å². The van der Waals surface area contributed by atoms with E-state index in [1.165, 1.54) is 18.2 Å². The molecule has 0 atom stereocenters. The SMILES string of the molecule is NC(=O)c1ccc(N2CCCC2)c(NC(=O)COc2cccc(C(F)(F)F)c2)c1. The van der Waals surface area contributed by atoms with E-state index in [1.807, 2.05) is 0 Å². The van der Waals surface area contributed by atoms with Gasteiger partial charge in [0.25, 0.3) is 5.91 Å². The largest absolute Gasteiger partial charge is 0.484 e. The zero-order valence-electron chi connectivity index (χ0n) is 15.5. The summed E-state index contributed by atoms with van der Waals surface area (Å²) in [4.78, 5) is 25.9. The number of carbonyl (C=O) groups excluding carboxylic acids is 2. The van der Waals surface area contributed by atoms with Gasteiger partial charge in [0.1, 0.15) is 5.75 Å². The van der Waals surface area contributed by atoms with E-state index in [9.17, 15) is 22.8 Å². The topological polar surface area (TPSA) is 84.7 Å². The van der Waals surface area contributed by atoms with Gasteiger partial charge in [-0.15, -0.1) is 0 Å². The zero-order chi connectivity index (χ0) is 21.0. The Balaban J connectivity index is 1.71. The van der Waals surface area contributed by atoms with Gasteiger partial charge in [-0.05, 0) is 49.2 Å². The summed E-state index contributed by atoms with van der Waals surface area (Å²) < 4.78 is 43.5. The normalized spacial score (nSPS) is 14.0. The second kappa shape index (κ2) is 8.42. The molecule has 9 heteroatoms. The number of benzene rings is 2. The first kappa shape index (κ1) is 20.5. The first-order chi connectivity index (χ1) is 13.7. The first-order valence-electron chi connectivity index (χ1n) is 9.03. The van der Waals surface area contributed by atoms with Crippen LogP contribution < -0.4 is 20.7 Å². The molecule has 3 rings (SSSR count). The summed E-state index contributed by atoms with van der Waals surface area (Å²) in [5.41, 5.74) is 5.85. The number of carbonyl (C=O) groups is 2. The van der Waals surface area contributed by atoms with Crippen molar-refractivity contribution in [3.63, 3.8) is 0 Å². The molecular formula is C20H20F3N3O3. The Morgan fingerprint density at radius 3 is 2.48 bits per heavy atom. The molecule has 2 amide bonds. The predicted octanol–water partition coefficient (Wildman–Crippen LogP) is 3.42. The Bertz CT molecular complexity index is 909. The molecule has 2 aromatic carbocycles. The second-order valence-electron chi connectivity index (χ2n) is 6.65. The average molecular weight is 407 g/mol. The molecule has 0 aromatic heterocycles. The summed E-state index contributed by atoms with van der Waals surface area (Å²) in [5, 5.41) is 2.66. The fourth-order valence-electron chi connectivity index (χ4n) is 3.12. The van der Waals surface area contributed by atoms with E-state index in [-0.39, 0.29) is 11.3 Å². The summed E-state index contributed by atoms with van der Waals surface area (Å²) in [7, 11) is 0. The lowest BCUT2D eigenvalue weighted by atomic mass is 10.1. The predicted molar refractivity (Wildman–Crippen MR) is 102 cm³/mol. The second-order valence-corrected chi connectivity index (χ2v) is 6.65. The van der Waals surface area contributed by atoms with E-state index < -0.39 is 30.2 Å². The molecule has 0 spiro atoms. The number of nitrogens with two attached hydrogens (primary N) is 1. The molecule has 1 fully saturated rings. The van der Waals surface area contributed by atoms with Crippen LogP contribution in [0.1, 0.15) is 28.8 Å². The molecule has 1 saturated heterocycles. The molecule has 3 N–H and O–H groups in total. The molecule has 0 aliphatic carbocycles. The quantitative estimate of drug-likeness (QED) is 0.769. The molecule has 1 aliphatic heterocycles. The molecule has 0 radical (unpaired) electrons. The smallest absolute Gasteiger partial charge is 0.416 e. The summed E-state index contributed by atoms with van der Waals surface area (Å²) in [6.45, 7) is 1.15. The van der Waals surface area contributed by atoms with E-state index in [4.69, 9.17) is 10.5 Å². The molecule has 29 heavy (non-hydrogen) atoms. The molecule has 6 nitrogen and oxygen atoms in total. The highest BCUT2D eigenvalue weighted by molar-refractivity contribution is 5.99. The van der Waals surface area contributed by atoms with Crippen molar-refractivity contribution in [1.82, 2.24) is 0 Å². The highest BCUT2D eigenvalue weighted by Gasteiger charge is 2.30. The Hall–Kier alpha value is -3.23. The van der Waals surface area contributed by atoms with E-state index in [0.717, 1.165) is 43.8 Å². The highest BCUT2D eigenvalue weighted by Crippen LogP contribution is 2.32. The Morgan fingerprint density at radius 1 is 1.10 bits per heavy atom. The van der Waals surface area contributed by atoms with Crippen molar-refractivity contribution in [2.75, 3.05) is 29.9 Å². The van der Waals surface area contributed by atoms with Gasteiger partial charge < -0.3 is 20.7 Å². The Morgan fingerprint density at radius 2 is 1.83 bits per heavy atom. The average Bonchev–Trinajstić information content (AvgIpc) is 3.20. The first-order valence-corrected chi connectivity index (χ1v) is 9.03. The van der Waals surface area contributed by atoms with Crippen molar-refractivity contribution in [3.05, 3.63) is 53.6 Å². The van der Waals surface area contributed by atoms with Crippen molar-refractivity contribution in [2.45, 2.75) is 19.0 Å². The van der Waals surface area contributed by atoms with Crippen LogP contribution in [0.3, 0.4) is 0 Å². The van der Waals surface area contributed by atoms with Gasteiger partial charge in [-0.1, -0.05) is 6.07 Å². The van der Waals surface area contributed by atoms with E-state index in [1.54, 1.807) is 12.1 Å². The van der Waals surface area contributed by atoms with Gasteiger partial charge in [-0.25, -0.2) is 0 Å². The number of amides is 2. The number of hydrogen-bond donors (Lipinski definition) is 2. The third-order valence-corrected chi connectivity index (χ3v) is 4.53. The van der Waals surface area contributed by atoms with Crippen LogP contribution in [0.25, 0.3) is 0 Å². The van der Waals surface area contributed by atoms with Gasteiger partial charge in [0, 0.05) is 18.7 Å². The minimum atomic E-state index is -4.50. The standard InChI is InChI=1S/C20H20F3N3O3/c21-20(22,23)14-4-3-5-15(11-14)29-12-18(27)25-16-10-13(19(24)28)6-7-17(16)26-8-1-2-9-26/h3-7,10-11H,1-2,8-9,12H2,(H2,24,28)(H,25,27). The molecule has 1 aliphatic rings. The lowest BCUT2D eigenvalue weighted by Gasteiger charge is -2.22. The van der Waals surface area contributed by atoms with Gasteiger partial charge in [0.15, 0.2) is 6.61 Å². The van der Waals surface area contributed by atoms with Crippen molar-refractivity contribution in [1.29, 1.82) is 0 Å². The van der Waals surface area contributed by atoms with Crippen LogP contribution in [0.2, 0.25) is 0 Å². The van der Waals surface area contributed by atoms with Crippen LogP contribution in [0, 0.1) is 0 Å². The molecule has 0 saturated carbocycles. The van der Waals surface area contributed by atoms with Crippen LogP contribution >= 0.6 is 0 Å². The van der Waals surface area contributed by atoms with Crippen molar-refractivity contribution in [3.8, 4) is 5.75 Å². The Kier molecular flexibility index (Phi) is 5.95.